The van der Waals surface area contributed by atoms with Gasteiger partial charge < -0.3 is 0 Å². The molecule has 0 aliphatic rings. The summed E-state index contributed by atoms with van der Waals surface area (Å²) in [4.78, 5) is 0. The number of halogens is 2. The third-order valence-corrected chi connectivity index (χ3v) is 7.67. The van der Waals surface area contributed by atoms with Gasteiger partial charge in [0.05, 0.1) is 0 Å². The zero-order valence-corrected chi connectivity index (χ0v) is 13.6. The standard InChI is InChI=1S/2C5H4ClNOS.Al/c2*6-4-2-1-3-5(9)7(4)8;/h2*1-3,9H;/q;;+3/p-2. The van der Waals surface area contributed by atoms with Crippen molar-refractivity contribution in [1.82, 2.24) is 0 Å². The molecule has 2 aromatic heterocycles. The third kappa shape index (κ3) is 3.85. The Kier molecular flexibility index (Phi) is 5.51. The van der Waals surface area contributed by atoms with Crippen molar-refractivity contribution >= 4 is 56.4 Å². The van der Waals surface area contributed by atoms with Gasteiger partial charge in [-0.2, -0.15) is 0 Å². The Morgan fingerprint density at radius 2 is 1.26 bits per heavy atom. The Labute approximate surface area is 132 Å². The molecule has 0 fully saturated rings. The molecule has 19 heavy (non-hydrogen) atoms. The molecular formula is C10H6AlCl2N2O2S2+. The quantitative estimate of drug-likeness (QED) is 0.369. The second-order valence-electron chi connectivity index (χ2n) is 3.29. The van der Waals surface area contributed by atoms with E-state index in [1.54, 1.807) is 24.3 Å². The van der Waals surface area contributed by atoms with Crippen molar-refractivity contribution in [2.45, 2.75) is 10.1 Å². The van der Waals surface area contributed by atoms with E-state index in [4.69, 9.17) is 23.2 Å². The van der Waals surface area contributed by atoms with Gasteiger partial charge in [0.2, 0.25) is 0 Å². The number of aromatic nitrogens is 2. The van der Waals surface area contributed by atoms with Gasteiger partial charge in [-0.05, 0) is 0 Å². The molecule has 0 aromatic carbocycles. The first-order valence-electron chi connectivity index (χ1n) is 5.01. The van der Waals surface area contributed by atoms with Crippen LogP contribution >= 0.6 is 43.5 Å². The monoisotopic (exact) mass is 347 g/mol. The van der Waals surface area contributed by atoms with E-state index >= 15 is 0 Å². The van der Waals surface area contributed by atoms with Crippen LogP contribution in [0.15, 0.2) is 46.5 Å². The summed E-state index contributed by atoms with van der Waals surface area (Å²) >= 11 is 11.2. The fourth-order valence-corrected chi connectivity index (χ4v) is 6.56. The normalized spacial score (nSPS) is 10.2. The summed E-state index contributed by atoms with van der Waals surface area (Å²) < 4.78 is 1.34. The number of rotatable bonds is 4. The number of hydrogen-bond donors (Lipinski definition) is 0. The summed E-state index contributed by atoms with van der Waals surface area (Å²) in [5.74, 6) is 0. The fraction of sp³-hybridized carbons (Fsp3) is 0. The van der Waals surface area contributed by atoms with Gasteiger partial charge in [0.25, 0.3) is 0 Å². The van der Waals surface area contributed by atoms with Crippen molar-refractivity contribution in [3.63, 3.8) is 0 Å². The maximum atomic E-state index is 11.6. The summed E-state index contributed by atoms with van der Waals surface area (Å²) in [7, 11) is 2.78. The number of nitrogens with zero attached hydrogens (tertiary/aromatic N) is 2. The Morgan fingerprint density at radius 3 is 1.68 bits per heavy atom. The van der Waals surface area contributed by atoms with Crippen LogP contribution < -0.4 is 9.46 Å². The molecule has 0 N–H and O–H groups in total. The Bertz CT molecular complexity index is 552. The van der Waals surface area contributed by atoms with E-state index in [0.29, 0.717) is 19.5 Å². The van der Waals surface area contributed by atoms with Gasteiger partial charge in [0.15, 0.2) is 0 Å². The van der Waals surface area contributed by atoms with Gasteiger partial charge in [0, 0.05) is 0 Å². The van der Waals surface area contributed by atoms with Gasteiger partial charge in [-0.25, -0.2) is 0 Å². The van der Waals surface area contributed by atoms with E-state index in [2.05, 4.69) is 0 Å². The summed E-state index contributed by atoms with van der Waals surface area (Å²) in [6, 6.07) is 9.89. The zero-order chi connectivity index (χ0) is 13.8. The SMILES string of the molecule is [O-][n+]1c(Cl)cccc1[S][Al+][S]c1cccc(Cl)[n+]1[O-]. The molecule has 0 amide bonds. The molecule has 96 valence electrons. The van der Waals surface area contributed by atoms with Crippen molar-refractivity contribution in [3.8, 4) is 0 Å². The van der Waals surface area contributed by atoms with Crippen LogP contribution in [0.4, 0.5) is 0 Å². The molecule has 0 saturated carbocycles. The van der Waals surface area contributed by atoms with Gasteiger partial charge in [-0.15, -0.1) is 0 Å². The second-order valence-corrected chi connectivity index (χ2v) is 9.29. The minimum absolute atomic E-state index is 0.135. The molecule has 0 aliphatic carbocycles. The van der Waals surface area contributed by atoms with Gasteiger partial charge >= 0.3 is 133 Å². The zero-order valence-electron chi connectivity index (χ0n) is 9.32. The van der Waals surface area contributed by atoms with Crippen molar-refractivity contribution < 1.29 is 9.46 Å². The van der Waals surface area contributed by atoms with E-state index in [-0.39, 0.29) is 23.3 Å². The van der Waals surface area contributed by atoms with Crippen LogP contribution in [0.5, 0.6) is 0 Å². The molecular weight excluding hydrogens is 342 g/mol. The van der Waals surface area contributed by atoms with E-state index < -0.39 is 0 Å². The molecule has 2 aromatic rings. The second kappa shape index (κ2) is 6.93. The van der Waals surface area contributed by atoms with E-state index in [1.807, 2.05) is 0 Å². The third-order valence-electron chi connectivity index (χ3n) is 2.07. The molecule has 0 atom stereocenters. The van der Waals surface area contributed by atoms with Gasteiger partial charge in [-0.1, -0.05) is 0 Å². The first-order chi connectivity index (χ1) is 9.09. The summed E-state index contributed by atoms with van der Waals surface area (Å²) in [6.07, 6.45) is 0. The molecule has 0 radical (unpaired) electrons. The van der Waals surface area contributed by atoms with Crippen molar-refractivity contribution in [2.75, 3.05) is 0 Å². The fourth-order valence-electron chi connectivity index (χ4n) is 1.20. The molecule has 0 unspecified atom stereocenters. The maximum absolute atomic E-state index is 11.6. The number of hydrogen-bond acceptors (Lipinski definition) is 4. The topological polar surface area (TPSA) is 53.9 Å². The molecule has 2 heterocycles. The van der Waals surface area contributed by atoms with Crippen LogP contribution in [-0.4, -0.2) is 13.0 Å². The van der Waals surface area contributed by atoms with Crippen molar-refractivity contribution in [3.05, 3.63) is 57.1 Å². The van der Waals surface area contributed by atoms with Crippen molar-refractivity contribution in [2.24, 2.45) is 0 Å². The van der Waals surface area contributed by atoms with Crippen LogP contribution in [0.2, 0.25) is 10.3 Å². The molecule has 9 heteroatoms. The predicted molar refractivity (Wildman–Crippen MR) is 78.3 cm³/mol. The summed E-state index contributed by atoms with van der Waals surface area (Å²) in [6.45, 7) is 0. The molecule has 0 spiro atoms. The molecule has 0 saturated heterocycles. The van der Waals surface area contributed by atoms with Crippen molar-refractivity contribution in [1.29, 1.82) is 0 Å². The number of pyridine rings is 2. The van der Waals surface area contributed by atoms with E-state index in [9.17, 15) is 10.4 Å². The van der Waals surface area contributed by atoms with E-state index in [0.717, 1.165) is 0 Å². The summed E-state index contributed by atoms with van der Waals surface area (Å²) in [5.41, 5.74) is 0. The van der Waals surface area contributed by atoms with E-state index in [1.165, 1.54) is 32.4 Å². The summed E-state index contributed by atoms with van der Waals surface area (Å²) in [5, 5.41) is 24.5. The Morgan fingerprint density at radius 1 is 0.842 bits per heavy atom. The molecule has 0 bridgehead atoms. The van der Waals surface area contributed by atoms with Crippen LogP contribution in [0.25, 0.3) is 0 Å². The van der Waals surface area contributed by atoms with Gasteiger partial charge in [0.1, 0.15) is 0 Å². The van der Waals surface area contributed by atoms with Crippen LogP contribution in [0.3, 0.4) is 0 Å². The van der Waals surface area contributed by atoms with Crippen LogP contribution in [0.1, 0.15) is 0 Å². The first-order valence-corrected chi connectivity index (χ1v) is 10.3. The minimum atomic E-state index is -0.269. The predicted octanol–water partition coefficient (Wildman–Crippen LogP) is 2.68. The average Bonchev–Trinajstić information content (AvgIpc) is 2.39. The van der Waals surface area contributed by atoms with Crippen LogP contribution in [-0.2, 0) is 0 Å². The molecule has 0 aliphatic heterocycles. The first kappa shape index (κ1) is 15.1. The molecule has 2 rings (SSSR count). The van der Waals surface area contributed by atoms with Gasteiger partial charge in [-0.3, -0.25) is 0 Å². The Balaban J connectivity index is 2.00. The average molecular weight is 348 g/mol. The van der Waals surface area contributed by atoms with Crippen LogP contribution in [0, 0.1) is 10.4 Å². The molecule has 4 nitrogen and oxygen atoms in total. The Hall–Kier alpha value is -0.288.